The van der Waals surface area contributed by atoms with Gasteiger partial charge in [0.2, 0.25) is 5.52 Å². The molecule has 0 atom stereocenters. The van der Waals surface area contributed by atoms with Gasteiger partial charge in [-0.05, 0) is 43.3 Å². The summed E-state index contributed by atoms with van der Waals surface area (Å²) in [5.74, 6) is 3.34. The largest absolute Gasteiger partial charge is 1.00 e. The monoisotopic (exact) mass is 1040 g/mol. The Bertz CT molecular complexity index is 3030. The van der Waals surface area contributed by atoms with Gasteiger partial charge in [0.25, 0.3) is 5.01 Å². The third-order valence-electron chi connectivity index (χ3n) is 8.86. The Labute approximate surface area is 375 Å². The molecule has 298 valence electrons. The fourth-order valence-corrected chi connectivity index (χ4v) is 11.4. The third kappa shape index (κ3) is 10.2. The predicted octanol–water partition coefficient (Wildman–Crippen LogP) is 3.17. The zero-order chi connectivity index (χ0) is 40.4. The summed E-state index contributed by atoms with van der Waals surface area (Å²) in [7, 11) is -0.706. The first-order chi connectivity index (χ1) is 28.0. The molecule has 10 rings (SSSR count). The third-order valence-corrected chi connectivity index (χ3v) is 14.8. The molecule has 16 heteroatoms. The van der Waals surface area contributed by atoms with Gasteiger partial charge in [0, 0.05) is 11.6 Å². The van der Waals surface area contributed by atoms with E-state index < -0.39 is 10.2 Å². The van der Waals surface area contributed by atoms with Crippen LogP contribution in [0.25, 0.3) is 85.8 Å². The van der Waals surface area contributed by atoms with E-state index in [9.17, 15) is 0 Å². The molecule has 0 N–H and O–H groups in total. The number of benzene rings is 4. The Kier molecular flexibility index (Phi) is 13.4. The second-order valence-corrected chi connectivity index (χ2v) is 18.9. The van der Waals surface area contributed by atoms with Crippen LogP contribution in [0.15, 0.2) is 130 Å². The van der Waals surface area contributed by atoms with Crippen molar-refractivity contribution in [3.63, 3.8) is 0 Å². The summed E-state index contributed by atoms with van der Waals surface area (Å²) in [5, 5.41) is 3.07. The summed E-state index contributed by atoms with van der Waals surface area (Å²) in [5.41, 5.74) is 5.77. The van der Waals surface area contributed by atoms with Gasteiger partial charge in [-0.3, -0.25) is 0 Å². The Balaban J connectivity index is 0.000000159. The van der Waals surface area contributed by atoms with Gasteiger partial charge in [-0.25, -0.2) is 23.6 Å². The summed E-state index contributed by atoms with van der Waals surface area (Å²) in [6, 6.07) is 41.4. The van der Waals surface area contributed by atoms with Gasteiger partial charge in [-0.2, -0.15) is 4.57 Å². The van der Waals surface area contributed by atoms with Gasteiger partial charge < -0.3 is 28.4 Å². The number of thiazole rings is 3. The molecule has 6 heterocycles. The van der Waals surface area contributed by atoms with E-state index in [4.69, 9.17) is 27.5 Å². The Hall–Kier alpha value is -4.36. The van der Waals surface area contributed by atoms with Crippen molar-refractivity contribution in [2.24, 2.45) is 14.1 Å². The van der Waals surface area contributed by atoms with E-state index in [1.54, 1.807) is 34.0 Å². The molecule has 0 saturated heterocycles. The van der Waals surface area contributed by atoms with E-state index in [1.807, 2.05) is 60.7 Å². The molecular formula is C43H32ClIN4O6S3Se. The maximum absolute atomic E-state index is 8.49. The number of hydrogen-bond donors (Lipinski definition) is 0. The minimum Gasteiger partial charge on any atom is -1.00 e. The second-order valence-electron chi connectivity index (χ2n) is 12.8. The number of hydrogen-bond acceptors (Lipinski definition) is 11. The molecule has 0 bridgehead atoms. The van der Waals surface area contributed by atoms with E-state index in [-0.39, 0.29) is 24.0 Å². The first-order valence-corrected chi connectivity index (χ1v) is 23.0. The standard InChI is InChI=1S/C22H17N2OS2.C21H15N2OSSe.ClHO4.HI/c1-14(22-24(2)17-8-4-6-10-20(17)27-22)13-15-11-12-18(25-15)21-23-16-7-3-5-9-19(16)26-21;1-23-16-7-3-5-9-19(16)26-20(23)13-11-14-10-12-17(24-14)21-22-15-6-2-4-8-18(15)25-21;2-1(3,4)5;/h3-13H,1-2H3;2-13H,1H3;(H,2,3,4,5);1H/q2*+1;;/p-2/b14-13+;13-11+;;. The Morgan fingerprint density at radius 1 is 0.610 bits per heavy atom. The Morgan fingerprint density at radius 2 is 1.12 bits per heavy atom. The van der Waals surface area contributed by atoms with Gasteiger partial charge in [0.05, 0.1) is 10.2 Å². The number of halogens is 2. The number of aryl methyl sites for hydroxylation is 2. The normalized spacial score (nSPS) is 11.9. The van der Waals surface area contributed by atoms with Crippen molar-refractivity contribution in [3.05, 3.63) is 142 Å². The number of furan rings is 2. The SMILES string of the molecule is C/C(=C\c1ccc(-c2nc3ccccc3s2)o1)c1sc2ccccc2[n+]1C.C[n+]1c(/C=C/c2ccc(-c3nc4ccccc4s3)o2)[se]c2ccccc21.[I-].[O-][Cl+3]([O-])([O-])[O-]. The molecule has 0 aliphatic carbocycles. The van der Waals surface area contributed by atoms with E-state index in [2.05, 4.69) is 119 Å². The quantitative estimate of drug-likeness (QED) is 0.140. The molecule has 0 aliphatic rings. The summed E-state index contributed by atoms with van der Waals surface area (Å²) in [6.07, 6.45) is 6.32. The number of fused-ring (bicyclic) bond motifs is 4. The second kappa shape index (κ2) is 18.5. The average molecular weight is 1040 g/mol. The number of para-hydroxylation sites is 4. The zero-order valence-electron chi connectivity index (χ0n) is 31.4. The van der Waals surface area contributed by atoms with Gasteiger partial charge >= 0.3 is 161 Å². The van der Waals surface area contributed by atoms with Crippen LogP contribution in [0.4, 0.5) is 0 Å². The smallest absolute Gasteiger partial charge is 0.112 e. The molecule has 10 aromatic rings. The molecule has 0 aliphatic heterocycles. The van der Waals surface area contributed by atoms with Crippen LogP contribution in [-0.2, 0) is 14.1 Å². The van der Waals surface area contributed by atoms with Crippen LogP contribution in [0.1, 0.15) is 28.0 Å². The number of nitrogens with zero attached hydrogens (tertiary/aromatic N) is 4. The first kappa shape index (κ1) is 42.8. The molecule has 0 fully saturated rings. The molecule has 4 aromatic carbocycles. The van der Waals surface area contributed by atoms with E-state index in [0.29, 0.717) is 14.5 Å². The van der Waals surface area contributed by atoms with Gasteiger partial charge in [-0.15, -0.1) is 21.6 Å². The van der Waals surface area contributed by atoms with Crippen molar-refractivity contribution in [1.82, 2.24) is 9.97 Å². The maximum Gasteiger partial charge on any atom is -0.112 e. The predicted molar refractivity (Wildman–Crippen MR) is 222 cm³/mol. The molecule has 0 amide bonds. The van der Waals surface area contributed by atoms with Crippen LogP contribution in [0.5, 0.6) is 0 Å². The van der Waals surface area contributed by atoms with Gasteiger partial charge in [0.1, 0.15) is 17.5 Å². The van der Waals surface area contributed by atoms with Crippen molar-refractivity contribution in [2.75, 3.05) is 0 Å². The molecule has 0 unspecified atom stereocenters. The van der Waals surface area contributed by atoms with Crippen LogP contribution < -0.4 is 51.7 Å². The number of allylic oxidation sites excluding steroid dienone is 1. The van der Waals surface area contributed by atoms with Crippen molar-refractivity contribution < 1.29 is 70.8 Å². The topological polar surface area (TPSA) is 152 Å². The van der Waals surface area contributed by atoms with Crippen LogP contribution in [-0.4, -0.2) is 24.5 Å². The molecule has 10 nitrogen and oxygen atoms in total. The van der Waals surface area contributed by atoms with Crippen LogP contribution in [0.2, 0.25) is 0 Å². The van der Waals surface area contributed by atoms with Crippen molar-refractivity contribution >= 4 is 113 Å². The summed E-state index contributed by atoms with van der Waals surface area (Å²) >= 11 is 5.45. The molecule has 0 radical (unpaired) electrons. The zero-order valence-corrected chi connectivity index (χ0v) is 38.5. The summed E-state index contributed by atoms with van der Waals surface area (Å²) in [6.45, 7) is 2.13. The minimum atomic E-state index is -4.94. The molecule has 0 saturated carbocycles. The number of aromatic nitrogens is 4. The average Bonchev–Trinajstić information content (AvgIpc) is 4.07. The minimum absolute atomic E-state index is 0. The molecule has 0 spiro atoms. The van der Waals surface area contributed by atoms with Crippen LogP contribution in [0.3, 0.4) is 0 Å². The van der Waals surface area contributed by atoms with E-state index >= 15 is 0 Å². The molecular weight excluding hydrogens is 1010 g/mol. The van der Waals surface area contributed by atoms with Gasteiger partial charge in [0.15, 0.2) is 10.8 Å². The van der Waals surface area contributed by atoms with Crippen molar-refractivity contribution in [3.8, 4) is 21.5 Å². The van der Waals surface area contributed by atoms with Crippen molar-refractivity contribution in [2.45, 2.75) is 6.92 Å². The van der Waals surface area contributed by atoms with Crippen LogP contribution >= 0.6 is 34.0 Å². The molecule has 6 aromatic heterocycles. The van der Waals surface area contributed by atoms with E-state index in [0.717, 1.165) is 44.1 Å². The summed E-state index contributed by atoms with van der Waals surface area (Å²) in [4.78, 5) is 9.34. The summed E-state index contributed by atoms with van der Waals surface area (Å²) < 4.78 is 57.0. The van der Waals surface area contributed by atoms with Crippen LogP contribution in [0, 0.1) is 10.2 Å². The number of rotatable bonds is 6. The first-order valence-electron chi connectivity index (χ1n) is 17.6. The maximum atomic E-state index is 8.49. The van der Waals surface area contributed by atoms with Gasteiger partial charge in [-0.1, -0.05) is 35.6 Å². The molecule has 59 heavy (non-hydrogen) atoms. The Morgan fingerprint density at radius 3 is 1.69 bits per heavy atom. The van der Waals surface area contributed by atoms with Crippen molar-refractivity contribution in [1.29, 1.82) is 0 Å². The fourth-order valence-electron chi connectivity index (χ4n) is 6.20. The van der Waals surface area contributed by atoms with E-state index in [1.165, 1.54) is 44.5 Å². The fraction of sp³-hybridized carbons (Fsp3) is 0.0698.